The van der Waals surface area contributed by atoms with E-state index >= 15 is 0 Å². The predicted octanol–water partition coefficient (Wildman–Crippen LogP) is 4.87. The number of aromatic nitrogens is 3. The van der Waals surface area contributed by atoms with Crippen molar-refractivity contribution in [2.45, 2.75) is 32.7 Å². The fourth-order valence-corrected chi connectivity index (χ4v) is 4.73. The third-order valence-electron chi connectivity index (χ3n) is 6.76. The number of hydrogen-bond acceptors (Lipinski definition) is 5. The lowest BCUT2D eigenvalue weighted by molar-refractivity contribution is 0.0916. The molecule has 1 fully saturated rings. The Labute approximate surface area is 205 Å². The minimum Gasteiger partial charge on any atom is -0.456 e. The van der Waals surface area contributed by atoms with Crippen molar-refractivity contribution in [1.82, 2.24) is 25.0 Å². The van der Waals surface area contributed by atoms with Crippen LogP contribution in [0.1, 0.15) is 34.5 Å². The van der Waals surface area contributed by atoms with Crippen LogP contribution in [0, 0.1) is 13.8 Å². The molecule has 3 heterocycles. The van der Waals surface area contributed by atoms with Crippen LogP contribution in [0.5, 0.6) is 11.5 Å². The Morgan fingerprint density at radius 2 is 1.77 bits per heavy atom. The molecule has 0 aliphatic carbocycles. The fourth-order valence-electron chi connectivity index (χ4n) is 4.73. The van der Waals surface area contributed by atoms with Gasteiger partial charge in [-0.2, -0.15) is 5.10 Å². The van der Waals surface area contributed by atoms with E-state index in [4.69, 9.17) is 4.74 Å². The van der Waals surface area contributed by atoms with Gasteiger partial charge in [0.2, 0.25) is 0 Å². The molecule has 0 atom stereocenters. The molecule has 4 aromatic rings. The highest BCUT2D eigenvalue weighted by molar-refractivity contribution is 5.96. The zero-order chi connectivity index (χ0) is 24.5. The monoisotopic (exact) mass is 469 g/mol. The first-order valence-corrected chi connectivity index (χ1v) is 12.0. The summed E-state index contributed by atoms with van der Waals surface area (Å²) in [5, 5.41) is 7.64. The number of hydrogen-bond donors (Lipinski definition) is 1. The summed E-state index contributed by atoms with van der Waals surface area (Å²) in [6, 6.07) is 16.1. The smallest absolute Gasteiger partial charge is 0.251 e. The molecule has 1 aliphatic rings. The van der Waals surface area contributed by atoms with Crippen LogP contribution in [0.15, 0.2) is 54.7 Å². The van der Waals surface area contributed by atoms with Crippen LogP contribution in [-0.2, 0) is 7.05 Å². The van der Waals surface area contributed by atoms with Crippen LogP contribution in [0.4, 0.5) is 0 Å². The number of benzene rings is 2. The molecule has 35 heavy (non-hydrogen) atoms. The van der Waals surface area contributed by atoms with Gasteiger partial charge in [0.25, 0.3) is 5.91 Å². The van der Waals surface area contributed by atoms with Gasteiger partial charge in [-0.15, -0.1) is 0 Å². The number of nitrogens with zero attached hydrogens (tertiary/aromatic N) is 4. The normalized spacial score (nSPS) is 14.9. The predicted molar refractivity (Wildman–Crippen MR) is 138 cm³/mol. The van der Waals surface area contributed by atoms with Gasteiger partial charge in [-0.1, -0.05) is 24.3 Å². The van der Waals surface area contributed by atoms with Crippen LogP contribution in [0.25, 0.3) is 22.2 Å². The number of carbonyl (C=O) groups is 1. The van der Waals surface area contributed by atoms with Gasteiger partial charge in [0.1, 0.15) is 17.0 Å². The molecule has 1 N–H and O–H groups in total. The molecule has 180 valence electrons. The first-order valence-electron chi connectivity index (χ1n) is 12.0. The molecule has 2 aromatic heterocycles. The Morgan fingerprint density at radius 1 is 1.00 bits per heavy atom. The number of nitrogens with one attached hydrogen (secondary N) is 1. The van der Waals surface area contributed by atoms with Gasteiger partial charge in [-0.05, 0) is 81.7 Å². The Balaban J connectivity index is 1.32. The van der Waals surface area contributed by atoms with Gasteiger partial charge >= 0.3 is 0 Å². The van der Waals surface area contributed by atoms with E-state index in [0.717, 1.165) is 70.7 Å². The number of carbonyl (C=O) groups excluding carboxylic acids is 1. The minimum absolute atomic E-state index is 0.00832. The van der Waals surface area contributed by atoms with Crippen LogP contribution >= 0.6 is 0 Å². The maximum absolute atomic E-state index is 12.9. The van der Waals surface area contributed by atoms with E-state index in [1.807, 2.05) is 68.0 Å². The minimum atomic E-state index is 0.00832. The number of piperidine rings is 1. The van der Waals surface area contributed by atoms with Gasteiger partial charge in [-0.25, -0.2) is 4.98 Å². The fraction of sp³-hybridized carbons (Fsp3) is 0.321. The largest absolute Gasteiger partial charge is 0.456 e. The second kappa shape index (κ2) is 9.50. The maximum atomic E-state index is 12.9. The maximum Gasteiger partial charge on any atom is 0.251 e. The van der Waals surface area contributed by atoms with Crippen LogP contribution in [0.2, 0.25) is 0 Å². The quantitative estimate of drug-likeness (QED) is 0.452. The Hall–Kier alpha value is -3.71. The van der Waals surface area contributed by atoms with Gasteiger partial charge < -0.3 is 15.0 Å². The van der Waals surface area contributed by atoms with Gasteiger partial charge in [0, 0.05) is 24.7 Å². The lowest BCUT2D eigenvalue weighted by Gasteiger charge is -2.29. The summed E-state index contributed by atoms with van der Waals surface area (Å²) < 4.78 is 7.94. The molecular formula is C28H31N5O2. The number of likely N-dealkylation sites (tertiary alicyclic amines) is 1. The van der Waals surface area contributed by atoms with E-state index in [2.05, 4.69) is 33.4 Å². The van der Waals surface area contributed by atoms with E-state index in [1.54, 1.807) is 6.20 Å². The zero-order valence-corrected chi connectivity index (χ0v) is 20.7. The molecule has 0 spiro atoms. The highest BCUT2D eigenvalue weighted by atomic mass is 16.5. The standard InChI is InChI=1S/C28H31N5O2/c1-18-14-21(8-9-25(18)28(34)30-22-10-12-32(3)13-11-22)20-6-5-7-23(15-20)35-24-16-26-27(29-17-24)19(2)31-33(26)4/h5-9,14-17,22H,10-13H2,1-4H3,(H,30,34). The van der Waals surface area contributed by atoms with E-state index < -0.39 is 0 Å². The van der Waals surface area contributed by atoms with Crippen LogP contribution in [-0.4, -0.2) is 51.8 Å². The number of pyridine rings is 1. The SMILES string of the molecule is Cc1cc(-c2cccc(Oc3cnc4c(C)nn(C)c4c3)c2)ccc1C(=O)NC1CCN(C)CC1. The number of aryl methyl sites for hydroxylation is 3. The second-order valence-electron chi connectivity index (χ2n) is 9.46. The van der Waals surface area contributed by atoms with Crippen molar-refractivity contribution >= 4 is 16.9 Å². The topological polar surface area (TPSA) is 72.3 Å². The lowest BCUT2D eigenvalue weighted by atomic mass is 9.98. The second-order valence-corrected chi connectivity index (χ2v) is 9.46. The van der Waals surface area contributed by atoms with E-state index in [-0.39, 0.29) is 11.9 Å². The molecule has 0 unspecified atom stereocenters. The highest BCUT2D eigenvalue weighted by Crippen LogP contribution is 2.30. The molecular weight excluding hydrogens is 438 g/mol. The van der Waals surface area contributed by atoms with Gasteiger partial charge in [0.05, 0.1) is 17.4 Å². The van der Waals surface area contributed by atoms with E-state index in [1.165, 1.54) is 0 Å². The molecule has 1 saturated heterocycles. The molecule has 0 bridgehead atoms. The molecule has 5 rings (SSSR count). The number of fused-ring (bicyclic) bond motifs is 1. The van der Waals surface area contributed by atoms with Crippen molar-refractivity contribution in [3.8, 4) is 22.6 Å². The first-order chi connectivity index (χ1) is 16.9. The molecule has 7 nitrogen and oxygen atoms in total. The average Bonchev–Trinajstić information content (AvgIpc) is 3.13. The van der Waals surface area contributed by atoms with Crippen molar-refractivity contribution in [2.24, 2.45) is 7.05 Å². The van der Waals surface area contributed by atoms with Crippen molar-refractivity contribution in [1.29, 1.82) is 0 Å². The summed E-state index contributed by atoms with van der Waals surface area (Å²) in [5.41, 5.74) is 6.46. The molecule has 0 radical (unpaired) electrons. The Morgan fingerprint density at radius 3 is 2.54 bits per heavy atom. The molecule has 0 saturated carbocycles. The number of amides is 1. The van der Waals surface area contributed by atoms with Gasteiger partial charge in [-0.3, -0.25) is 9.48 Å². The summed E-state index contributed by atoms with van der Waals surface area (Å²) in [6.07, 6.45) is 3.72. The first kappa shape index (κ1) is 23.1. The molecule has 7 heteroatoms. The average molecular weight is 470 g/mol. The number of ether oxygens (including phenoxy) is 1. The lowest BCUT2D eigenvalue weighted by Crippen LogP contribution is -2.43. The third-order valence-corrected chi connectivity index (χ3v) is 6.76. The van der Waals surface area contributed by atoms with Crippen LogP contribution in [0.3, 0.4) is 0 Å². The third kappa shape index (κ3) is 4.91. The molecule has 2 aromatic carbocycles. The molecule has 1 aliphatic heterocycles. The Kier molecular flexibility index (Phi) is 6.26. The number of rotatable bonds is 5. The van der Waals surface area contributed by atoms with Crippen molar-refractivity contribution in [3.05, 3.63) is 71.5 Å². The zero-order valence-electron chi connectivity index (χ0n) is 20.7. The summed E-state index contributed by atoms with van der Waals surface area (Å²) in [6.45, 7) is 5.98. The van der Waals surface area contributed by atoms with Crippen molar-refractivity contribution < 1.29 is 9.53 Å². The summed E-state index contributed by atoms with van der Waals surface area (Å²) >= 11 is 0. The highest BCUT2D eigenvalue weighted by Gasteiger charge is 2.20. The van der Waals surface area contributed by atoms with Gasteiger partial charge in [0.15, 0.2) is 0 Å². The summed E-state index contributed by atoms with van der Waals surface area (Å²) in [4.78, 5) is 19.7. The molecule has 1 amide bonds. The van der Waals surface area contributed by atoms with E-state index in [9.17, 15) is 4.79 Å². The summed E-state index contributed by atoms with van der Waals surface area (Å²) in [7, 11) is 4.03. The summed E-state index contributed by atoms with van der Waals surface area (Å²) in [5.74, 6) is 1.40. The Bertz CT molecular complexity index is 1390. The van der Waals surface area contributed by atoms with E-state index in [0.29, 0.717) is 5.75 Å². The van der Waals surface area contributed by atoms with Crippen molar-refractivity contribution in [2.75, 3.05) is 20.1 Å². The van der Waals surface area contributed by atoms with Crippen molar-refractivity contribution in [3.63, 3.8) is 0 Å². The van der Waals surface area contributed by atoms with Crippen LogP contribution < -0.4 is 10.1 Å².